The Hall–Kier alpha value is -3.08. The predicted octanol–water partition coefficient (Wildman–Crippen LogP) is 3.46. The van der Waals surface area contributed by atoms with Crippen molar-refractivity contribution in [2.45, 2.75) is 6.18 Å². The smallest absolute Gasteiger partial charge is 0.433 e. The molecule has 0 bridgehead atoms. The van der Waals surface area contributed by atoms with E-state index in [0.29, 0.717) is 6.07 Å². The molecule has 22 heavy (non-hydrogen) atoms. The molecule has 0 aliphatic carbocycles. The maximum absolute atomic E-state index is 12.7. The number of pyridine rings is 1. The van der Waals surface area contributed by atoms with Crippen molar-refractivity contribution >= 4 is 5.97 Å². The average Bonchev–Trinajstić information content (AvgIpc) is 2.46. The van der Waals surface area contributed by atoms with Gasteiger partial charge in [0.1, 0.15) is 11.4 Å². The zero-order valence-electron chi connectivity index (χ0n) is 10.8. The summed E-state index contributed by atoms with van der Waals surface area (Å²) in [4.78, 5) is 14.1. The van der Waals surface area contributed by atoms with Gasteiger partial charge in [0.2, 0.25) is 5.88 Å². The summed E-state index contributed by atoms with van der Waals surface area (Å²) in [6.45, 7) is 0. The molecule has 0 unspecified atom stereocenters. The van der Waals surface area contributed by atoms with Gasteiger partial charge in [0.25, 0.3) is 0 Å². The van der Waals surface area contributed by atoms with Crippen LogP contribution < -0.4 is 4.74 Å². The van der Waals surface area contributed by atoms with Gasteiger partial charge in [-0.15, -0.1) is 0 Å². The number of rotatable bonds is 3. The molecule has 112 valence electrons. The van der Waals surface area contributed by atoms with Crippen molar-refractivity contribution in [3.63, 3.8) is 0 Å². The fourth-order valence-electron chi connectivity index (χ4n) is 1.58. The van der Waals surface area contributed by atoms with E-state index < -0.39 is 23.7 Å². The van der Waals surface area contributed by atoms with Gasteiger partial charge in [-0.3, -0.25) is 0 Å². The van der Waals surface area contributed by atoms with E-state index >= 15 is 0 Å². The first-order valence-corrected chi connectivity index (χ1v) is 5.80. The molecule has 1 N–H and O–H groups in total. The molecule has 1 aromatic heterocycles. The van der Waals surface area contributed by atoms with Crippen molar-refractivity contribution < 1.29 is 27.8 Å². The van der Waals surface area contributed by atoms with Crippen molar-refractivity contribution in [2.24, 2.45) is 0 Å². The zero-order valence-corrected chi connectivity index (χ0v) is 10.8. The minimum atomic E-state index is -4.73. The minimum absolute atomic E-state index is 0.00406. The van der Waals surface area contributed by atoms with Crippen LogP contribution in [0.4, 0.5) is 13.2 Å². The van der Waals surface area contributed by atoms with Crippen LogP contribution in [0.2, 0.25) is 0 Å². The SMILES string of the molecule is N#Cc1cc(Oc2cccc(C(=O)O)c2)nc(C(F)(F)F)c1. The fraction of sp³-hybridized carbons (Fsp3) is 0.0714. The third-order valence-electron chi connectivity index (χ3n) is 2.52. The fourth-order valence-corrected chi connectivity index (χ4v) is 1.58. The van der Waals surface area contributed by atoms with Crippen molar-refractivity contribution in [1.82, 2.24) is 4.98 Å². The van der Waals surface area contributed by atoms with E-state index in [1.807, 2.05) is 0 Å². The average molecular weight is 308 g/mol. The molecule has 8 heteroatoms. The highest BCUT2D eigenvalue weighted by Gasteiger charge is 2.33. The van der Waals surface area contributed by atoms with Crippen LogP contribution in [-0.2, 0) is 6.18 Å². The number of aromatic carboxylic acids is 1. The summed E-state index contributed by atoms with van der Waals surface area (Å²) in [6.07, 6.45) is -4.73. The highest BCUT2D eigenvalue weighted by molar-refractivity contribution is 5.88. The molecule has 0 saturated carbocycles. The number of halogens is 3. The lowest BCUT2D eigenvalue weighted by Crippen LogP contribution is -2.09. The summed E-state index contributed by atoms with van der Waals surface area (Å²) >= 11 is 0. The normalized spacial score (nSPS) is 10.8. The summed E-state index contributed by atoms with van der Waals surface area (Å²) in [5.41, 5.74) is -1.63. The second-order valence-corrected chi connectivity index (χ2v) is 4.12. The van der Waals surface area contributed by atoms with Crippen LogP contribution >= 0.6 is 0 Å². The number of benzene rings is 1. The van der Waals surface area contributed by atoms with E-state index in [2.05, 4.69) is 4.98 Å². The van der Waals surface area contributed by atoms with Crippen molar-refractivity contribution in [1.29, 1.82) is 5.26 Å². The predicted molar refractivity (Wildman–Crippen MR) is 67.4 cm³/mol. The first-order chi connectivity index (χ1) is 10.3. The Morgan fingerprint density at radius 2 is 2.00 bits per heavy atom. The Labute approximate surface area is 122 Å². The quantitative estimate of drug-likeness (QED) is 0.938. The van der Waals surface area contributed by atoms with E-state index in [-0.39, 0.29) is 16.9 Å². The summed E-state index contributed by atoms with van der Waals surface area (Å²) in [7, 11) is 0. The number of ether oxygens (including phenoxy) is 1. The van der Waals surface area contributed by atoms with Crippen LogP contribution in [0.25, 0.3) is 0 Å². The Kier molecular flexibility index (Phi) is 3.99. The van der Waals surface area contributed by atoms with Crippen LogP contribution in [0, 0.1) is 11.3 Å². The van der Waals surface area contributed by atoms with Crippen molar-refractivity contribution in [3.8, 4) is 17.7 Å². The molecular formula is C14H7F3N2O3. The number of carboxylic acids is 1. The summed E-state index contributed by atoms with van der Waals surface area (Å²) < 4.78 is 43.2. The minimum Gasteiger partial charge on any atom is -0.478 e. The molecule has 2 aromatic rings. The molecule has 5 nitrogen and oxygen atoms in total. The third kappa shape index (κ3) is 3.52. The first-order valence-electron chi connectivity index (χ1n) is 5.80. The number of carboxylic acid groups (broad SMARTS) is 1. The molecule has 0 atom stereocenters. The molecular weight excluding hydrogens is 301 g/mol. The molecule has 0 aliphatic heterocycles. The van der Waals surface area contributed by atoms with Gasteiger partial charge in [0.05, 0.1) is 17.2 Å². The Bertz CT molecular complexity index is 767. The molecule has 0 saturated heterocycles. The maximum Gasteiger partial charge on any atom is 0.433 e. The van der Waals surface area contributed by atoms with Crippen LogP contribution in [0.15, 0.2) is 36.4 Å². The van der Waals surface area contributed by atoms with Gasteiger partial charge >= 0.3 is 12.1 Å². The van der Waals surface area contributed by atoms with Crippen LogP contribution in [-0.4, -0.2) is 16.1 Å². The molecule has 0 spiro atoms. The number of hydrogen-bond donors (Lipinski definition) is 1. The standard InChI is InChI=1S/C14H7F3N2O3/c15-14(16,17)11-4-8(7-18)5-12(19-11)22-10-3-1-2-9(6-10)13(20)21/h1-6H,(H,20,21). The molecule has 1 aromatic carbocycles. The van der Waals surface area contributed by atoms with Crippen molar-refractivity contribution in [2.75, 3.05) is 0 Å². The van der Waals surface area contributed by atoms with E-state index in [9.17, 15) is 18.0 Å². The first kappa shape index (κ1) is 15.3. The van der Waals surface area contributed by atoms with E-state index in [1.165, 1.54) is 18.2 Å². The van der Waals surface area contributed by atoms with Gasteiger partial charge in [0, 0.05) is 6.07 Å². The zero-order chi connectivity index (χ0) is 16.3. The summed E-state index contributed by atoms with van der Waals surface area (Å²) in [5.74, 6) is -1.66. The summed E-state index contributed by atoms with van der Waals surface area (Å²) in [6, 6.07) is 8.38. The van der Waals surface area contributed by atoms with E-state index in [0.717, 1.165) is 12.1 Å². The lowest BCUT2D eigenvalue weighted by Gasteiger charge is -2.10. The third-order valence-corrected chi connectivity index (χ3v) is 2.52. The molecule has 0 aliphatic rings. The molecule has 2 rings (SSSR count). The number of carbonyl (C=O) groups is 1. The second kappa shape index (κ2) is 5.73. The van der Waals surface area contributed by atoms with Gasteiger partial charge in [-0.25, -0.2) is 9.78 Å². The van der Waals surface area contributed by atoms with E-state index in [1.54, 1.807) is 6.07 Å². The highest BCUT2D eigenvalue weighted by Crippen LogP contribution is 2.31. The van der Waals surface area contributed by atoms with Gasteiger partial charge in [0.15, 0.2) is 0 Å². The highest BCUT2D eigenvalue weighted by atomic mass is 19.4. The number of aromatic nitrogens is 1. The van der Waals surface area contributed by atoms with Crippen LogP contribution in [0.5, 0.6) is 11.6 Å². The topological polar surface area (TPSA) is 83.2 Å². The van der Waals surface area contributed by atoms with Crippen LogP contribution in [0.1, 0.15) is 21.6 Å². The van der Waals surface area contributed by atoms with Crippen molar-refractivity contribution in [3.05, 3.63) is 53.2 Å². The number of nitriles is 1. The Morgan fingerprint density at radius 1 is 1.27 bits per heavy atom. The Balaban J connectivity index is 2.39. The monoisotopic (exact) mass is 308 g/mol. The lowest BCUT2D eigenvalue weighted by molar-refractivity contribution is -0.141. The van der Waals surface area contributed by atoms with Crippen LogP contribution in [0.3, 0.4) is 0 Å². The molecule has 0 fully saturated rings. The van der Waals surface area contributed by atoms with E-state index in [4.69, 9.17) is 15.1 Å². The largest absolute Gasteiger partial charge is 0.478 e. The number of nitrogens with zero attached hydrogens (tertiary/aromatic N) is 2. The maximum atomic E-state index is 12.7. The van der Waals surface area contributed by atoms with Gasteiger partial charge in [-0.1, -0.05) is 6.07 Å². The number of hydrogen-bond acceptors (Lipinski definition) is 4. The lowest BCUT2D eigenvalue weighted by atomic mass is 10.2. The number of alkyl halides is 3. The molecule has 0 radical (unpaired) electrons. The summed E-state index contributed by atoms with van der Waals surface area (Å²) in [5, 5.41) is 17.6. The Morgan fingerprint density at radius 3 is 2.59 bits per heavy atom. The molecule has 1 heterocycles. The van der Waals surface area contributed by atoms with Gasteiger partial charge in [-0.05, 0) is 24.3 Å². The van der Waals surface area contributed by atoms with Gasteiger partial charge < -0.3 is 9.84 Å². The van der Waals surface area contributed by atoms with Gasteiger partial charge in [-0.2, -0.15) is 18.4 Å². The second-order valence-electron chi connectivity index (χ2n) is 4.12. The molecule has 0 amide bonds.